The number of rotatable bonds is 2. The van der Waals surface area contributed by atoms with Crippen LogP contribution in [0.4, 0.5) is 13.2 Å². The summed E-state index contributed by atoms with van der Waals surface area (Å²) in [5.41, 5.74) is -2.57. The molecule has 0 unspecified atom stereocenters. The number of alkyl halides is 2. The minimum absolute atomic E-state index is 0.453. The van der Waals surface area contributed by atoms with E-state index in [2.05, 4.69) is 9.72 Å². The summed E-state index contributed by atoms with van der Waals surface area (Å²) < 4.78 is 42.1. The first kappa shape index (κ1) is 12.0. The van der Waals surface area contributed by atoms with Gasteiger partial charge >= 0.3 is 5.97 Å². The van der Waals surface area contributed by atoms with Crippen molar-refractivity contribution >= 4 is 5.97 Å². The van der Waals surface area contributed by atoms with Crippen molar-refractivity contribution in [3.8, 4) is 6.07 Å². The fourth-order valence-corrected chi connectivity index (χ4v) is 1.08. The van der Waals surface area contributed by atoms with Gasteiger partial charge in [0.15, 0.2) is 11.5 Å². The summed E-state index contributed by atoms with van der Waals surface area (Å²) in [6.45, 7) is 0. The van der Waals surface area contributed by atoms with Gasteiger partial charge in [0.2, 0.25) is 0 Å². The molecular formula is C9H5F3N2O2. The lowest BCUT2D eigenvalue weighted by molar-refractivity contribution is 0.0592. The second-order valence-electron chi connectivity index (χ2n) is 2.65. The van der Waals surface area contributed by atoms with Gasteiger partial charge in [-0.3, -0.25) is 0 Å². The summed E-state index contributed by atoms with van der Waals surface area (Å²) in [4.78, 5) is 14.3. The van der Waals surface area contributed by atoms with Gasteiger partial charge in [0.05, 0.1) is 24.4 Å². The van der Waals surface area contributed by atoms with Crippen LogP contribution in [0.15, 0.2) is 6.20 Å². The summed E-state index contributed by atoms with van der Waals surface area (Å²) in [5.74, 6) is -2.40. The van der Waals surface area contributed by atoms with Crippen molar-refractivity contribution in [2.24, 2.45) is 0 Å². The van der Waals surface area contributed by atoms with Gasteiger partial charge in [-0.2, -0.15) is 5.26 Å². The highest BCUT2D eigenvalue weighted by molar-refractivity contribution is 5.90. The Morgan fingerprint density at radius 3 is 2.69 bits per heavy atom. The molecule has 0 radical (unpaired) electrons. The summed E-state index contributed by atoms with van der Waals surface area (Å²) in [7, 11) is 0.997. The van der Waals surface area contributed by atoms with Crippen LogP contribution in [0.2, 0.25) is 0 Å². The largest absolute Gasteiger partial charge is 0.464 e. The van der Waals surface area contributed by atoms with Crippen molar-refractivity contribution in [3.63, 3.8) is 0 Å². The lowest BCUT2D eigenvalue weighted by Crippen LogP contribution is -2.11. The topological polar surface area (TPSA) is 63.0 Å². The van der Waals surface area contributed by atoms with Gasteiger partial charge in [-0.25, -0.2) is 22.9 Å². The predicted molar refractivity (Wildman–Crippen MR) is 45.2 cm³/mol. The van der Waals surface area contributed by atoms with Crippen LogP contribution in [-0.2, 0) is 4.74 Å². The number of hydrogen-bond acceptors (Lipinski definition) is 4. The maximum atomic E-state index is 13.0. The molecule has 0 aliphatic rings. The van der Waals surface area contributed by atoms with Crippen molar-refractivity contribution in [1.82, 2.24) is 4.98 Å². The minimum Gasteiger partial charge on any atom is -0.464 e. The molecule has 7 heteroatoms. The van der Waals surface area contributed by atoms with Crippen LogP contribution in [-0.4, -0.2) is 18.1 Å². The van der Waals surface area contributed by atoms with Crippen molar-refractivity contribution in [2.45, 2.75) is 6.43 Å². The number of aromatic nitrogens is 1. The summed E-state index contributed by atoms with van der Waals surface area (Å²) in [6, 6.07) is 1.32. The molecule has 0 atom stereocenters. The molecule has 0 spiro atoms. The number of carbonyl (C=O) groups excluding carboxylic acids is 1. The Hall–Kier alpha value is -2.10. The van der Waals surface area contributed by atoms with Gasteiger partial charge in [-0.15, -0.1) is 0 Å². The first-order chi connectivity index (χ1) is 7.52. The number of esters is 1. The van der Waals surface area contributed by atoms with E-state index >= 15 is 0 Å². The third-order valence-corrected chi connectivity index (χ3v) is 1.78. The predicted octanol–water partition coefficient (Wildman–Crippen LogP) is 1.82. The first-order valence-corrected chi connectivity index (χ1v) is 3.97. The summed E-state index contributed by atoms with van der Waals surface area (Å²) in [6.07, 6.45) is -2.75. The third-order valence-electron chi connectivity index (χ3n) is 1.78. The van der Waals surface area contributed by atoms with Gasteiger partial charge in [0.25, 0.3) is 6.43 Å². The van der Waals surface area contributed by atoms with Crippen LogP contribution in [0, 0.1) is 17.1 Å². The van der Waals surface area contributed by atoms with Gasteiger partial charge in [0, 0.05) is 0 Å². The van der Waals surface area contributed by atoms with Gasteiger partial charge < -0.3 is 4.74 Å². The molecule has 0 aliphatic carbocycles. The number of halogens is 3. The molecular weight excluding hydrogens is 225 g/mol. The fraction of sp³-hybridized carbons (Fsp3) is 0.222. The zero-order chi connectivity index (χ0) is 12.3. The van der Waals surface area contributed by atoms with Crippen molar-refractivity contribution in [2.75, 3.05) is 7.11 Å². The molecule has 0 aliphatic heterocycles. The maximum absolute atomic E-state index is 13.0. The molecule has 0 N–H and O–H groups in total. The standard InChI is InChI=1S/C9H5F3N2O2/c1-16-9(15)7-4(2-13)6(8(11)12)5(10)3-14-7/h3,8H,1H3. The molecule has 1 heterocycles. The van der Waals surface area contributed by atoms with Crippen LogP contribution in [0.5, 0.6) is 0 Å². The highest BCUT2D eigenvalue weighted by atomic mass is 19.3. The Balaban J connectivity index is 3.51. The smallest absolute Gasteiger partial charge is 0.358 e. The monoisotopic (exact) mass is 230 g/mol. The van der Waals surface area contributed by atoms with Gasteiger partial charge in [-0.05, 0) is 0 Å². The quantitative estimate of drug-likeness (QED) is 0.727. The highest BCUT2D eigenvalue weighted by Gasteiger charge is 2.25. The SMILES string of the molecule is COC(=O)c1ncc(F)c(C(F)F)c1C#N. The Morgan fingerprint density at radius 2 is 2.25 bits per heavy atom. The van der Waals surface area contributed by atoms with E-state index in [1.54, 1.807) is 0 Å². The average Bonchev–Trinajstić information content (AvgIpc) is 2.26. The van der Waals surface area contributed by atoms with Crippen LogP contribution in [0.1, 0.15) is 28.0 Å². The Kier molecular flexibility index (Phi) is 3.45. The van der Waals surface area contributed by atoms with Gasteiger partial charge in [0.1, 0.15) is 6.07 Å². The number of ether oxygens (including phenoxy) is 1. The van der Waals surface area contributed by atoms with Crippen molar-refractivity contribution in [3.05, 3.63) is 28.8 Å². The molecule has 0 fully saturated rings. The van der Waals surface area contributed by atoms with E-state index in [9.17, 15) is 18.0 Å². The van der Waals surface area contributed by atoms with E-state index < -0.39 is 35.0 Å². The molecule has 0 saturated heterocycles. The molecule has 0 saturated carbocycles. The molecule has 1 rings (SSSR count). The Labute approximate surface area is 88.3 Å². The normalized spacial score (nSPS) is 10.0. The molecule has 4 nitrogen and oxygen atoms in total. The second kappa shape index (κ2) is 4.61. The third kappa shape index (κ3) is 1.95. The van der Waals surface area contributed by atoms with E-state index in [0.717, 1.165) is 7.11 Å². The molecule has 0 bridgehead atoms. The number of nitrogens with zero attached hydrogens (tertiary/aromatic N) is 2. The lowest BCUT2D eigenvalue weighted by Gasteiger charge is -2.07. The maximum Gasteiger partial charge on any atom is 0.358 e. The molecule has 84 valence electrons. The summed E-state index contributed by atoms with van der Waals surface area (Å²) >= 11 is 0. The number of methoxy groups -OCH3 is 1. The van der Waals surface area contributed by atoms with E-state index in [1.165, 1.54) is 6.07 Å². The molecule has 1 aromatic rings. The number of pyridine rings is 1. The van der Waals surface area contributed by atoms with E-state index in [0.29, 0.717) is 6.20 Å². The number of carbonyl (C=O) groups is 1. The second-order valence-corrected chi connectivity index (χ2v) is 2.65. The fourth-order valence-electron chi connectivity index (χ4n) is 1.08. The number of hydrogen-bond donors (Lipinski definition) is 0. The van der Waals surface area contributed by atoms with Crippen LogP contribution in [0.3, 0.4) is 0 Å². The highest BCUT2D eigenvalue weighted by Crippen LogP contribution is 2.26. The number of nitriles is 1. The van der Waals surface area contributed by atoms with E-state index in [-0.39, 0.29) is 0 Å². The average molecular weight is 230 g/mol. The minimum atomic E-state index is -3.21. The molecule has 0 aromatic carbocycles. The molecule has 0 amide bonds. The van der Waals surface area contributed by atoms with Crippen LogP contribution >= 0.6 is 0 Å². The van der Waals surface area contributed by atoms with Crippen LogP contribution < -0.4 is 0 Å². The van der Waals surface area contributed by atoms with Crippen LogP contribution in [0.25, 0.3) is 0 Å². The van der Waals surface area contributed by atoms with Crippen molar-refractivity contribution in [1.29, 1.82) is 5.26 Å². The van der Waals surface area contributed by atoms with Gasteiger partial charge in [-0.1, -0.05) is 0 Å². The lowest BCUT2D eigenvalue weighted by atomic mass is 10.1. The Bertz CT molecular complexity index is 469. The van der Waals surface area contributed by atoms with Crippen molar-refractivity contribution < 1.29 is 22.7 Å². The zero-order valence-electron chi connectivity index (χ0n) is 8.00. The first-order valence-electron chi connectivity index (χ1n) is 3.97. The van der Waals surface area contributed by atoms with E-state index in [1.807, 2.05) is 0 Å². The zero-order valence-corrected chi connectivity index (χ0v) is 8.00. The van der Waals surface area contributed by atoms with E-state index in [4.69, 9.17) is 5.26 Å². The molecule has 1 aromatic heterocycles. The summed E-state index contributed by atoms with van der Waals surface area (Å²) in [5, 5.41) is 8.62. The Morgan fingerprint density at radius 1 is 1.62 bits per heavy atom. The molecule has 16 heavy (non-hydrogen) atoms.